The number of hydrogen-bond donors (Lipinski definition) is 1. The zero-order valence-corrected chi connectivity index (χ0v) is 25.3. The van der Waals surface area contributed by atoms with Gasteiger partial charge in [0, 0.05) is 19.0 Å². The fourth-order valence-electron chi connectivity index (χ4n) is 5.42. The van der Waals surface area contributed by atoms with Crippen LogP contribution in [0.4, 0.5) is 5.69 Å². The standard InChI is InChI=1S/C33H41N3O4S/c1-24-11-10-14-28(19-24)22-35(32(37)23-36(41(4,39)40)30-18-17-25(2)26(3)20-30)31(21-27-12-6-5-7-13-27)33(38)34-29-15-8-9-16-29/h5-7,10-14,17-20,29,31H,8-9,15-16,21-23H2,1-4H3,(H,34,38)/t31-/m0/s1. The van der Waals surface area contributed by atoms with Crippen LogP contribution in [0.25, 0.3) is 0 Å². The molecular formula is C33H41N3O4S. The van der Waals surface area contributed by atoms with Crippen LogP contribution in [-0.4, -0.2) is 50.0 Å². The molecule has 7 nitrogen and oxygen atoms in total. The van der Waals surface area contributed by atoms with Gasteiger partial charge in [0.05, 0.1) is 11.9 Å². The molecule has 218 valence electrons. The van der Waals surface area contributed by atoms with Gasteiger partial charge in [-0.2, -0.15) is 0 Å². The lowest BCUT2D eigenvalue weighted by Gasteiger charge is -2.34. The molecule has 3 aromatic rings. The van der Waals surface area contributed by atoms with E-state index in [1.54, 1.807) is 17.0 Å². The molecule has 0 spiro atoms. The number of anilines is 1. The number of nitrogens with zero attached hydrogens (tertiary/aromatic N) is 2. The highest BCUT2D eigenvalue weighted by Crippen LogP contribution is 2.24. The van der Waals surface area contributed by atoms with E-state index in [0.717, 1.165) is 64.1 Å². The van der Waals surface area contributed by atoms with E-state index in [1.165, 1.54) is 0 Å². The Hall–Kier alpha value is -3.65. The van der Waals surface area contributed by atoms with E-state index in [2.05, 4.69) is 5.32 Å². The lowest BCUT2D eigenvalue weighted by molar-refractivity contribution is -0.140. The first-order chi connectivity index (χ1) is 19.5. The van der Waals surface area contributed by atoms with Gasteiger partial charge >= 0.3 is 0 Å². The summed E-state index contributed by atoms with van der Waals surface area (Å²) in [5.74, 6) is -0.642. The molecule has 0 unspecified atom stereocenters. The molecule has 1 fully saturated rings. The van der Waals surface area contributed by atoms with Crippen LogP contribution in [0.3, 0.4) is 0 Å². The number of rotatable bonds is 11. The third kappa shape index (κ3) is 8.19. The van der Waals surface area contributed by atoms with Gasteiger partial charge in [0.1, 0.15) is 12.6 Å². The Morgan fingerprint density at radius 1 is 0.878 bits per heavy atom. The van der Waals surface area contributed by atoms with Gasteiger partial charge in [0.2, 0.25) is 21.8 Å². The first-order valence-electron chi connectivity index (χ1n) is 14.3. The summed E-state index contributed by atoms with van der Waals surface area (Å²) < 4.78 is 27.1. The van der Waals surface area contributed by atoms with Crippen molar-refractivity contribution in [2.45, 2.75) is 71.5 Å². The Kier molecular flexibility index (Phi) is 9.86. The third-order valence-corrected chi connectivity index (χ3v) is 9.01. The quantitative estimate of drug-likeness (QED) is 0.346. The number of benzene rings is 3. The number of aryl methyl sites for hydroxylation is 3. The summed E-state index contributed by atoms with van der Waals surface area (Å²) in [7, 11) is -3.79. The topological polar surface area (TPSA) is 86.8 Å². The number of carbonyl (C=O) groups is 2. The molecule has 1 saturated carbocycles. The van der Waals surface area contributed by atoms with E-state index < -0.39 is 28.5 Å². The average molecular weight is 576 g/mol. The van der Waals surface area contributed by atoms with Gasteiger partial charge in [0.25, 0.3) is 0 Å². The minimum Gasteiger partial charge on any atom is -0.352 e. The molecule has 41 heavy (non-hydrogen) atoms. The summed E-state index contributed by atoms with van der Waals surface area (Å²) in [6, 6.07) is 22.1. The molecule has 1 N–H and O–H groups in total. The number of carbonyl (C=O) groups excluding carboxylic acids is 2. The minimum atomic E-state index is -3.79. The van der Waals surface area contributed by atoms with Crippen molar-refractivity contribution in [1.82, 2.24) is 10.2 Å². The molecule has 1 aliphatic carbocycles. The Bertz CT molecular complexity index is 1470. The number of amides is 2. The molecule has 4 rings (SSSR count). The van der Waals surface area contributed by atoms with E-state index >= 15 is 0 Å². The maximum Gasteiger partial charge on any atom is 0.244 e. The highest BCUT2D eigenvalue weighted by atomic mass is 32.2. The van der Waals surface area contributed by atoms with Crippen LogP contribution in [-0.2, 0) is 32.6 Å². The first-order valence-corrected chi connectivity index (χ1v) is 16.1. The van der Waals surface area contributed by atoms with Crippen molar-refractivity contribution < 1.29 is 18.0 Å². The Morgan fingerprint density at radius 2 is 1.56 bits per heavy atom. The second-order valence-corrected chi connectivity index (χ2v) is 13.2. The summed E-state index contributed by atoms with van der Waals surface area (Å²) in [4.78, 5) is 29.7. The van der Waals surface area contributed by atoms with Crippen molar-refractivity contribution in [3.05, 3.63) is 101 Å². The van der Waals surface area contributed by atoms with Gasteiger partial charge in [-0.1, -0.05) is 79.1 Å². The maximum atomic E-state index is 14.2. The van der Waals surface area contributed by atoms with Crippen molar-refractivity contribution in [2.75, 3.05) is 17.1 Å². The second kappa shape index (κ2) is 13.3. The SMILES string of the molecule is Cc1cccc(CN(C(=O)CN(c2ccc(C)c(C)c2)S(C)(=O)=O)[C@@H](Cc2ccccc2)C(=O)NC2CCCC2)c1. The monoisotopic (exact) mass is 575 g/mol. The van der Waals surface area contributed by atoms with Crippen LogP contribution in [0.5, 0.6) is 0 Å². The molecule has 0 aliphatic heterocycles. The average Bonchev–Trinajstić information content (AvgIpc) is 3.44. The molecule has 3 aromatic carbocycles. The van der Waals surface area contributed by atoms with Crippen molar-refractivity contribution in [2.24, 2.45) is 0 Å². The predicted molar refractivity (Wildman–Crippen MR) is 164 cm³/mol. The molecular weight excluding hydrogens is 534 g/mol. The van der Waals surface area contributed by atoms with E-state index in [4.69, 9.17) is 0 Å². The van der Waals surface area contributed by atoms with Crippen molar-refractivity contribution in [3.8, 4) is 0 Å². The van der Waals surface area contributed by atoms with Crippen LogP contribution in [0.2, 0.25) is 0 Å². The Labute approximate surface area is 244 Å². The number of sulfonamides is 1. The van der Waals surface area contributed by atoms with Gasteiger partial charge in [-0.25, -0.2) is 8.42 Å². The fraction of sp³-hybridized carbons (Fsp3) is 0.394. The first kappa shape index (κ1) is 30.3. The Morgan fingerprint density at radius 3 is 2.20 bits per heavy atom. The fourth-order valence-corrected chi connectivity index (χ4v) is 6.26. The van der Waals surface area contributed by atoms with Crippen molar-refractivity contribution in [1.29, 1.82) is 0 Å². The molecule has 8 heteroatoms. The maximum absolute atomic E-state index is 14.2. The number of nitrogens with one attached hydrogen (secondary N) is 1. The molecule has 0 bridgehead atoms. The van der Waals surface area contributed by atoms with Crippen LogP contribution >= 0.6 is 0 Å². The highest BCUT2D eigenvalue weighted by Gasteiger charge is 2.34. The van der Waals surface area contributed by atoms with Gasteiger partial charge in [-0.3, -0.25) is 13.9 Å². The normalized spacial score (nSPS) is 14.4. The number of hydrogen-bond acceptors (Lipinski definition) is 4. The smallest absolute Gasteiger partial charge is 0.244 e. The van der Waals surface area contributed by atoms with Gasteiger partial charge in [-0.15, -0.1) is 0 Å². The second-order valence-electron chi connectivity index (χ2n) is 11.2. The summed E-state index contributed by atoms with van der Waals surface area (Å²) >= 11 is 0. The Balaban J connectivity index is 1.73. The molecule has 0 radical (unpaired) electrons. The van der Waals surface area contributed by atoms with E-state index in [-0.39, 0.29) is 18.5 Å². The molecule has 2 amide bonds. The van der Waals surface area contributed by atoms with Crippen LogP contribution in [0, 0.1) is 20.8 Å². The van der Waals surface area contributed by atoms with Crippen LogP contribution < -0.4 is 9.62 Å². The minimum absolute atomic E-state index is 0.0831. The van der Waals surface area contributed by atoms with Gasteiger partial charge in [-0.05, 0) is 68.0 Å². The molecule has 0 aromatic heterocycles. The third-order valence-electron chi connectivity index (χ3n) is 7.87. The lowest BCUT2D eigenvalue weighted by atomic mass is 10.0. The lowest BCUT2D eigenvalue weighted by Crippen LogP contribution is -2.54. The van der Waals surface area contributed by atoms with E-state index in [0.29, 0.717) is 12.1 Å². The van der Waals surface area contributed by atoms with Gasteiger partial charge in [0.15, 0.2) is 0 Å². The molecule has 1 aliphatic rings. The summed E-state index contributed by atoms with van der Waals surface area (Å²) in [6.07, 6.45) is 5.40. The summed E-state index contributed by atoms with van der Waals surface area (Å²) in [6.45, 7) is 5.62. The van der Waals surface area contributed by atoms with Gasteiger partial charge < -0.3 is 10.2 Å². The molecule has 0 heterocycles. The zero-order valence-electron chi connectivity index (χ0n) is 24.5. The molecule has 1 atom stereocenters. The van der Waals surface area contributed by atoms with Crippen LogP contribution in [0.1, 0.15) is 53.5 Å². The van der Waals surface area contributed by atoms with Crippen molar-refractivity contribution >= 4 is 27.5 Å². The van der Waals surface area contributed by atoms with Crippen LogP contribution in [0.15, 0.2) is 72.8 Å². The predicted octanol–water partition coefficient (Wildman–Crippen LogP) is 5.08. The van der Waals surface area contributed by atoms with E-state index in [1.807, 2.05) is 81.4 Å². The largest absolute Gasteiger partial charge is 0.352 e. The zero-order chi connectivity index (χ0) is 29.6. The molecule has 0 saturated heterocycles. The summed E-state index contributed by atoms with van der Waals surface area (Å²) in [5.41, 5.74) is 5.23. The van der Waals surface area contributed by atoms with Crippen molar-refractivity contribution in [3.63, 3.8) is 0 Å². The van der Waals surface area contributed by atoms with E-state index in [9.17, 15) is 18.0 Å². The highest BCUT2D eigenvalue weighted by molar-refractivity contribution is 7.92. The summed E-state index contributed by atoms with van der Waals surface area (Å²) in [5, 5.41) is 3.20.